The SMILES string of the molecule is CCOC1(C(=O)CCCS(=O)(=O)CC)CCOCC1. The first-order valence-electron chi connectivity index (χ1n) is 6.91. The topological polar surface area (TPSA) is 69.7 Å². The molecule has 1 saturated heterocycles. The van der Waals surface area contributed by atoms with Gasteiger partial charge in [0.15, 0.2) is 5.78 Å². The molecule has 19 heavy (non-hydrogen) atoms. The number of Topliss-reactive ketones (excluding diaryl/α,β-unsaturated/α-hetero) is 1. The van der Waals surface area contributed by atoms with E-state index in [1.54, 1.807) is 6.92 Å². The number of carbonyl (C=O) groups excluding carboxylic acids is 1. The van der Waals surface area contributed by atoms with Crippen LogP contribution in [-0.2, 0) is 24.1 Å². The Morgan fingerprint density at radius 1 is 1.26 bits per heavy atom. The molecular weight excluding hydrogens is 268 g/mol. The van der Waals surface area contributed by atoms with Gasteiger partial charge in [-0.05, 0) is 13.3 Å². The highest BCUT2D eigenvalue weighted by atomic mass is 32.2. The van der Waals surface area contributed by atoms with Crippen LogP contribution in [0.5, 0.6) is 0 Å². The van der Waals surface area contributed by atoms with Crippen LogP contribution in [0.2, 0.25) is 0 Å². The lowest BCUT2D eigenvalue weighted by atomic mass is 9.87. The Balaban J connectivity index is 2.53. The van der Waals surface area contributed by atoms with Crippen molar-refractivity contribution in [3.63, 3.8) is 0 Å². The van der Waals surface area contributed by atoms with E-state index in [0.29, 0.717) is 39.1 Å². The van der Waals surface area contributed by atoms with Gasteiger partial charge in [0.2, 0.25) is 0 Å². The maximum Gasteiger partial charge on any atom is 0.164 e. The molecule has 0 atom stereocenters. The first-order chi connectivity index (χ1) is 8.96. The largest absolute Gasteiger partial charge is 0.381 e. The minimum absolute atomic E-state index is 0.0175. The second-order valence-electron chi connectivity index (χ2n) is 4.80. The van der Waals surface area contributed by atoms with Crippen molar-refractivity contribution >= 4 is 15.6 Å². The number of carbonyl (C=O) groups is 1. The zero-order chi connectivity index (χ0) is 14.4. The average Bonchev–Trinajstić information content (AvgIpc) is 2.40. The zero-order valence-corrected chi connectivity index (χ0v) is 12.6. The minimum atomic E-state index is -3.00. The standard InChI is InChI=1S/C13H24O5S/c1-3-18-13(7-9-17-10-8-13)12(14)6-5-11-19(15,16)4-2/h3-11H2,1-2H3. The molecule has 1 heterocycles. The summed E-state index contributed by atoms with van der Waals surface area (Å²) in [5.41, 5.74) is -0.747. The Hall–Kier alpha value is -0.460. The van der Waals surface area contributed by atoms with Gasteiger partial charge < -0.3 is 9.47 Å². The second kappa shape index (κ2) is 7.36. The molecule has 6 heteroatoms. The summed E-state index contributed by atoms with van der Waals surface area (Å²) in [6.45, 7) is 5.03. The molecular formula is C13H24O5S. The highest BCUT2D eigenvalue weighted by Gasteiger charge is 2.39. The van der Waals surface area contributed by atoms with Gasteiger partial charge in [-0.1, -0.05) is 6.92 Å². The molecule has 0 N–H and O–H groups in total. The van der Waals surface area contributed by atoms with Gasteiger partial charge in [-0.3, -0.25) is 4.79 Å². The fraction of sp³-hybridized carbons (Fsp3) is 0.923. The highest BCUT2D eigenvalue weighted by Crippen LogP contribution is 2.28. The van der Waals surface area contributed by atoms with Gasteiger partial charge in [0.1, 0.15) is 15.4 Å². The fourth-order valence-corrected chi connectivity index (χ4v) is 3.18. The van der Waals surface area contributed by atoms with Crippen LogP contribution in [0.25, 0.3) is 0 Å². The number of ether oxygens (including phenoxy) is 2. The average molecular weight is 292 g/mol. The summed E-state index contributed by atoms with van der Waals surface area (Å²) in [6, 6.07) is 0. The van der Waals surface area contributed by atoms with Crippen molar-refractivity contribution in [1.29, 1.82) is 0 Å². The van der Waals surface area contributed by atoms with E-state index in [1.165, 1.54) is 0 Å². The molecule has 1 rings (SSSR count). The van der Waals surface area contributed by atoms with Gasteiger partial charge in [-0.15, -0.1) is 0 Å². The van der Waals surface area contributed by atoms with Crippen molar-refractivity contribution in [2.24, 2.45) is 0 Å². The maximum atomic E-state index is 12.3. The van der Waals surface area contributed by atoms with Crippen LogP contribution < -0.4 is 0 Å². The van der Waals surface area contributed by atoms with Crippen LogP contribution in [0.3, 0.4) is 0 Å². The number of hydrogen-bond acceptors (Lipinski definition) is 5. The van der Waals surface area contributed by atoms with Crippen molar-refractivity contribution in [3.8, 4) is 0 Å². The maximum absolute atomic E-state index is 12.3. The smallest absolute Gasteiger partial charge is 0.164 e. The normalized spacial score (nSPS) is 19.3. The molecule has 0 saturated carbocycles. The van der Waals surface area contributed by atoms with Crippen LogP contribution in [0.4, 0.5) is 0 Å². The Labute approximate surface area is 115 Å². The summed E-state index contributed by atoms with van der Waals surface area (Å²) >= 11 is 0. The third-order valence-corrected chi connectivity index (χ3v) is 5.32. The minimum Gasteiger partial charge on any atom is -0.381 e. The Bertz CT molecular complexity index is 376. The Morgan fingerprint density at radius 3 is 2.42 bits per heavy atom. The van der Waals surface area contributed by atoms with Crippen LogP contribution in [0.1, 0.15) is 39.5 Å². The van der Waals surface area contributed by atoms with Crippen LogP contribution in [-0.4, -0.2) is 51.1 Å². The molecule has 5 nitrogen and oxygen atoms in total. The molecule has 0 aromatic rings. The number of ketones is 1. The molecule has 112 valence electrons. The second-order valence-corrected chi connectivity index (χ2v) is 7.28. The van der Waals surface area contributed by atoms with E-state index in [0.717, 1.165) is 0 Å². The van der Waals surface area contributed by atoms with Crippen molar-refractivity contribution < 1.29 is 22.7 Å². The van der Waals surface area contributed by atoms with E-state index >= 15 is 0 Å². The summed E-state index contributed by atoms with van der Waals surface area (Å²) in [5, 5.41) is 0. The third-order valence-electron chi connectivity index (χ3n) is 3.53. The monoisotopic (exact) mass is 292 g/mol. The van der Waals surface area contributed by atoms with E-state index in [9.17, 15) is 13.2 Å². The van der Waals surface area contributed by atoms with Gasteiger partial charge in [-0.2, -0.15) is 0 Å². The van der Waals surface area contributed by atoms with E-state index in [-0.39, 0.29) is 23.7 Å². The summed E-state index contributed by atoms with van der Waals surface area (Å²) in [6.07, 6.45) is 1.78. The third kappa shape index (κ3) is 4.85. The van der Waals surface area contributed by atoms with Gasteiger partial charge in [-0.25, -0.2) is 8.42 Å². The zero-order valence-electron chi connectivity index (χ0n) is 11.8. The summed E-state index contributed by atoms with van der Waals surface area (Å²) < 4.78 is 33.7. The molecule has 1 fully saturated rings. The van der Waals surface area contributed by atoms with Gasteiger partial charge >= 0.3 is 0 Å². The molecule has 0 aromatic heterocycles. The number of hydrogen-bond donors (Lipinski definition) is 0. The fourth-order valence-electron chi connectivity index (χ4n) is 2.31. The molecule has 0 aromatic carbocycles. The quantitative estimate of drug-likeness (QED) is 0.675. The van der Waals surface area contributed by atoms with E-state index in [4.69, 9.17) is 9.47 Å². The van der Waals surface area contributed by atoms with Crippen LogP contribution in [0.15, 0.2) is 0 Å². The molecule has 0 unspecified atom stereocenters. The molecule has 1 aliphatic rings. The van der Waals surface area contributed by atoms with Crippen LogP contribution in [0, 0.1) is 0 Å². The van der Waals surface area contributed by atoms with Gasteiger partial charge in [0.25, 0.3) is 0 Å². The van der Waals surface area contributed by atoms with Crippen LogP contribution >= 0.6 is 0 Å². The molecule has 0 spiro atoms. The summed E-state index contributed by atoms with van der Waals surface area (Å²) in [5.74, 6) is 0.225. The first kappa shape index (κ1) is 16.6. The molecule has 0 bridgehead atoms. The molecule has 0 amide bonds. The summed E-state index contributed by atoms with van der Waals surface area (Å²) in [4.78, 5) is 12.3. The predicted molar refractivity (Wildman–Crippen MR) is 73.0 cm³/mol. The lowest BCUT2D eigenvalue weighted by Crippen LogP contribution is -2.46. The Kier molecular flexibility index (Phi) is 6.42. The van der Waals surface area contributed by atoms with Crippen molar-refractivity contribution in [1.82, 2.24) is 0 Å². The van der Waals surface area contributed by atoms with Crippen molar-refractivity contribution in [2.75, 3.05) is 31.3 Å². The molecule has 0 aliphatic carbocycles. The first-order valence-corrected chi connectivity index (χ1v) is 8.73. The van der Waals surface area contributed by atoms with E-state index in [1.807, 2.05) is 6.92 Å². The number of sulfone groups is 1. The lowest BCUT2D eigenvalue weighted by molar-refractivity contribution is -0.157. The molecule has 1 aliphatic heterocycles. The number of rotatable bonds is 8. The van der Waals surface area contributed by atoms with Crippen molar-refractivity contribution in [2.45, 2.75) is 45.1 Å². The lowest BCUT2D eigenvalue weighted by Gasteiger charge is -2.35. The van der Waals surface area contributed by atoms with Crippen molar-refractivity contribution in [3.05, 3.63) is 0 Å². The molecule has 0 radical (unpaired) electrons. The van der Waals surface area contributed by atoms with E-state index < -0.39 is 15.4 Å². The van der Waals surface area contributed by atoms with E-state index in [2.05, 4.69) is 0 Å². The highest BCUT2D eigenvalue weighted by molar-refractivity contribution is 7.91. The Morgan fingerprint density at radius 2 is 1.89 bits per heavy atom. The summed E-state index contributed by atoms with van der Waals surface area (Å²) in [7, 11) is -3.00. The van der Waals surface area contributed by atoms with Gasteiger partial charge in [0, 0.05) is 44.8 Å². The predicted octanol–water partition coefficient (Wildman–Crippen LogP) is 1.36. The van der Waals surface area contributed by atoms with Gasteiger partial charge in [0.05, 0.1) is 5.75 Å².